The number of aliphatic hydroxyl groups is 1. The maximum atomic E-state index is 10.5. The van der Waals surface area contributed by atoms with E-state index in [-0.39, 0.29) is 0 Å². The lowest BCUT2D eigenvalue weighted by atomic mass is 10.2. The predicted octanol–water partition coefficient (Wildman–Crippen LogP) is 3.01. The van der Waals surface area contributed by atoms with Gasteiger partial charge in [0.25, 0.3) is 0 Å². The molecule has 80 valence electrons. The third kappa shape index (κ3) is 1.49. The number of hydrogen-bond donors (Lipinski definition) is 2. The molecule has 0 aromatic heterocycles. The van der Waals surface area contributed by atoms with E-state index in [1.165, 1.54) is 11.8 Å². The van der Waals surface area contributed by atoms with Gasteiger partial charge in [-0.3, -0.25) is 0 Å². The summed E-state index contributed by atoms with van der Waals surface area (Å²) in [5, 5.41) is 12.6. The van der Waals surface area contributed by atoms with Crippen molar-refractivity contribution in [3.05, 3.63) is 60.2 Å². The van der Waals surface area contributed by atoms with E-state index in [9.17, 15) is 5.11 Å². The quantitative estimate of drug-likeness (QED) is 0.788. The summed E-state index contributed by atoms with van der Waals surface area (Å²) in [6, 6.07) is 17.6. The van der Waals surface area contributed by atoms with Gasteiger partial charge in [-0.05, 0) is 12.1 Å². The molecule has 0 amide bonds. The van der Waals surface area contributed by atoms with Crippen LogP contribution in [0, 0.1) is 0 Å². The van der Waals surface area contributed by atoms with E-state index in [0.29, 0.717) is 0 Å². The van der Waals surface area contributed by atoms with Crippen molar-refractivity contribution in [2.24, 2.45) is 0 Å². The van der Waals surface area contributed by atoms with Gasteiger partial charge in [0.2, 0.25) is 5.06 Å². The van der Waals surface area contributed by atoms with Crippen molar-refractivity contribution in [2.75, 3.05) is 5.32 Å². The van der Waals surface area contributed by atoms with Gasteiger partial charge < -0.3 is 10.4 Å². The second-order valence-corrected chi connectivity index (χ2v) is 4.97. The second-order valence-electron chi connectivity index (χ2n) is 3.73. The molecule has 0 fully saturated rings. The fourth-order valence-electron chi connectivity index (χ4n) is 1.82. The van der Waals surface area contributed by atoms with Crippen LogP contribution in [0.3, 0.4) is 0 Å². The molecule has 2 aromatic carbocycles. The number of rotatable bonds is 1. The van der Waals surface area contributed by atoms with Gasteiger partial charge in [-0.1, -0.05) is 54.2 Å². The highest BCUT2D eigenvalue weighted by Crippen LogP contribution is 2.48. The highest BCUT2D eigenvalue weighted by atomic mass is 32.2. The number of hydrogen-bond acceptors (Lipinski definition) is 3. The molecule has 0 saturated heterocycles. The zero-order chi connectivity index (χ0) is 11.0. The first kappa shape index (κ1) is 9.75. The summed E-state index contributed by atoms with van der Waals surface area (Å²) in [4.78, 5) is 1.08. The van der Waals surface area contributed by atoms with Crippen LogP contribution in [0.5, 0.6) is 0 Å². The molecule has 1 aliphatic rings. The monoisotopic (exact) mass is 229 g/mol. The van der Waals surface area contributed by atoms with Gasteiger partial charge in [0.1, 0.15) is 0 Å². The second kappa shape index (κ2) is 3.54. The fraction of sp³-hybridized carbons (Fsp3) is 0.0769. The Kier molecular flexibility index (Phi) is 2.16. The molecule has 2 nitrogen and oxygen atoms in total. The Morgan fingerprint density at radius 1 is 0.938 bits per heavy atom. The van der Waals surface area contributed by atoms with Crippen LogP contribution in [0.4, 0.5) is 5.69 Å². The molecule has 1 aliphatic heterocycles. The van der Waals surface area contributed by atoms with E-state index in [1.807, 2.05) is 54.6 Å². The number of para-hydroxylation sites is 1. The molecule has 2 N–H and O–H groups in total. The van der Waals surface area contributed by atoms with Crippen LogP contribution in [-0.4, -0.2) is 5.11 Å². The van der Waals surface area contributed by atoms with Crippen molar-refractivity contribution in [1.82, 2.24) is 0 Å². The van der Waals surface area contributed by atoms with Crippen LogP contribution >= 0.6 is 11.8 Å². The number of fused-ring (bicyclic) bond motifs is 1. The molecule has 2 aromatic rings. The Morgan fingerprint density at radius 2 is 1.62 bits per heavy atom. The fourth-order valence-corrected chi connectivity index (χ4v) is 2.93. The average molecular weight is 229 g/mol. The minimum Gasteiger partial charge on any atom is -0.358 e. The van der Waals surface area contributed by atoms with Gasteiger partial charge in [-0.2, -0.15) is 0 Å². The number of thioether (sulfide) groups is 1. The van der Waals surface area contributed by atoms with Gasteiger partial charge in [-0.15, -0.1) is 0 Å². The number of nitrogens with one attached hydrogen (secondary N) is 1. The molecule has 0 spiro atoms. The Bertz CT molecular complexity index is 487. The molecule has 0 bridgehead atoms. The summed E-state index contributed by atoms with van der Waals surface area (Å²) in [5.41, 5.74) is 1.86. The Hall–Kier alpha value is -1.45. The van der Waals surface area contributed by atoms with Crippen LogP contribution < -0.4 is 5.32 Å². The lowest BCUT2D eigenvalue weighted by Gasteiger charge is -2.22. The van der Waals surface area contributed by atoms with Crippen LogP contribution in [0.1, 0.15) is 5.56 Å². The molecule has 1 atom stereocenters. The van der Waals surface area contributed by atoms with Crippen molar-refractivity contribution < 1.29 is 5.11 Å². The number of benzene rings is 2. The summed E-state index contributed by atoms with van der Waals surface area (Å²) < 4.78 is 0. The largest absolute Gasteiger partial charge is 0.358 e. The Balaban J connectivity index is 2.01. The standard InChI is InChI=1S/C13H11NOS/c15-13(10-6-2-1-3-7-10)14-11-8-4-5-9-12(11)16-13/h1-9,14-15H. The normalized spacial score (nSPS) is 22.6. The van der Waals surface area contributed by atoms with Crippen LogP contribution in [0.2, 0.25) is 0 Å². The SMILES string of the molecule is OC1(c2ccccc2)Nc2ccccc2S1. The van der Waals surface area contributed by atoms with Crippen molar-refractivity contribution in [3.63, 3.8) is 0 Å². The molecular formula is C13H11NOS. The van der Waals surface area contributed by atoms with Crippen LogP contribution in [0.15, 0.2) is 59.5 Å². The lowest BCUT2D eigenvalue weighted by Crippen LogP contribution is -2.27. The molecule has 3 heteroatoms. The van der Waals surface area contributed by atoms with Gasteiger partial charge in [0.15, 0.2) is 0 Å². The highest BCUT2D eigenvalue weighted by molar-refractivity contribution is 8.00. The van der Waals surface area contributed by atoms with Crippen molar-refractivity contribution in [2.45, 2.75) is 9.95 Å². The Labute approximate surface area is 98.3 Å². The first-order chi connectivity index (χ1) is 7.78. The summed E-state index contributed by atoms with van der Waals surface area (Å²) in [5.74, 6) is 0. The van der Waals surface area contributed by atoms with E-state index in [1.54, 1.807) is 0 Å². The van der Waals surface area contributed by atoms with Gasteiger partial charge in [0.05, 0.1) is 5.69 Å². The predicted molar refractivity (Wildman–Crippen MR) is 66.3 cm³/mol. The average Bonchev–Trinajstić information content (AvgIpc) is 2.68. The summed E-state index contributed by atoms with van der Waals surface area (Å²) in [7, 11) is 0. The van der Waals surface area contributed by atoms with E-state index in [2.05, 4.69) is 5.32 Å². The van der Waals surface area contributed by atoms with Crippen molar-refractivity contribution in [3.8, 4) is 0 Å². The molecule has 0 saturated carbocycles. The smallest absolute Gasteiger partial charge is 0.216 e. The van der Waals surface area contributed by atoms with Crippen LogP contribution in [-0.2, 0) is 5.06 Å². The first-order valence-electron chi connectivity index (χ1n) is 5.12. The van der Waals surface area contributed by atoms with Gasteiger partial charge in [0, 0.05) is 10.5 Å². The first-order valence-corrected chi connectivity index (χ1v) is 5.94. The molecule has 0 radical (unpaired) electrons. The van der Waals surface area contributed by atoms with E-state index in [0.717, 1.165) is 16.1 Å². The van der Waals surface area contributed by atoms with E-state index < -0.39 is 5.06 Å². The van der Waals surface area contributed by atoms with Gasteiger partial charge in [-0.25, -0.2) is 0 Å². The zero-order valence-electron chi connectivity index (χ0n) is 8.55. The Morgan fingerprint density at radius 3 is 2.38 bits per heavy atom. The third-order valence-electron chi connectivity index (χ3n) is 2.61. The molecular weight excluding hydrogens is 218 g/mol. The van der Waals surface area contributed by atoms with E-state index in [4.69, 9.17) is 0 Å². The maximum Gasteiger partial charge on any atom is 0.216 e. The topological polar surface area (TPSA) is 32.3 Å². The molecule has 0 aliphatic carbocycles. The lowest BCUT2D eigenvalue weighted by molar-refractivity contribution is 0.172. The third-order valence-corrected chi connectivity index (χ3v) is 3.82. The van der Waals surface area contributed by atoms with Crippen molar-refractivity contribution >= 4 is 17.4 Å². The molecule has 1 heterocycles. The summed E-state index contributed by atoms with van der Waals surface area (Å²) in [6.45, 7) is 0. The van der Waals surface area contributed by atoms with Gasteiger partial charge >= 0.3 is 0 Å². The minimum absolute atomic E-state index is 0.871. The molecule has 16 heavy (non-hydrogen) atoms. The number of anilines is 1. The molecule has 1 unspecified atom stereocenters. The van der Waals surface area contributed by atoms with Crippen LogP contribution in [0.25, 0.3) is 0 Å². The summed E-state index contributed by atoms with van der Waals surface area (Å²) >= 11 is 1.44. The van der Waals surface area contributed by atoms with E-state index >= 15 is 0 Å². The maximum absolute atomic E-state index is 10.5. The molecule has 3 rings (SSSR count). The van der Waals surface area contributed by atoms with Crippen molar-refractivity contribution in [1.29, 1.82) is 0 Å². The minimum atomic E-state index is -1.04. The zero-order valence-corrected chi connectivity index (χ0v) is 9.37. The summed E-state index contributed by atoms with van der Waals surface area (Å²) in [6.07, 6.45) is 0. The highest BCUT2D eigenvalue weighted by Gasteiger charge is 2.36.